The fraction of sp³-hybridized carbons (Fsp3) is 0.312. The standard InChI is InChI=1S/C16H16O3/c17-16(19-15-7-8-18-11-15)10-12-5-6-13-3-1-2-4-14(13)9-12/h1-6,9,15H,7-8,10-11H2/t15-/m0/s1. The van der Waals surface area contributed by atoms with E-state index in [1.165, 1.54) is 5.39 Å². The molecule has 1 aliphatic heterocycles. The number of carbonyl (C=O) groups is 1. The van der Waals surface area contributed by atoms with E-state index in [2.05, 4.69) is 12.1 Å². The Morgan fingerprint density at radius 2 is 2.05 bits per heavy atom. The van der Waals surface area contributed by atoms with Crippen LogP contribution in [0.3, 0.4) is 0 Å². The van der Waals surface area contributed by atoms with Gasteiger partial charge in [-0.3, -0.25) is 4.79 Å². The van der Waals surface area contributed by atoms with Crippen LogP contribution in [0.15, 0.2) is 42.5 Å². The molecule has 0 N–H and O–H groups in total. The van der Waals surface area contributed by atoms with Gasteiger partial charge in [-0.15, -0.1) is 0 Å². The molecule has 2 aromatic carbocycles. The van der Waals surface area contributed by atoms with E-state index in [0.29, 0.717) is 19.6 Å². The summed E-state index contributed by atoms with van der Waals surface area (Å²) in [6.07, 6.45) is 1.07. The number of rotatable bonds is 3. The minimum Gasteiger partial charge on any atom is -0.460 e. The molecule has 0 unspecified atom stereocenters. The van der Waals surface area contributed by atoms with E-state index >= 15 is 0 Å². The van der Waals surface area contributed by atoms with Gasteiger partial charge in [0.2, 0.25) is 0 Å². The molecule has 1 saturated heterocycles. The Bertz CT molecular complexity index is 585. The second-order valence-electron chi connectivity index (χ2n) is 4.83. The van der Waals surface area contributed by atoms with Crippen molar-refractivity contribution in [2.75, 3.05) is 13.2 Å². The lowest BCUT2D eigenvalue weighted by Gasteiger charge is -2.10. The summed E-state index contributed by atoms with van der Waals surface area (Å²) in [5, 5.41) is 2.33. The number of esters is 1. The number of hydrogen-bond donors (Lipinski definition) is 0. The van der Waals surface area contributed by atoms with E-state index in [0.717, 1.165) is 17.4 Å². The van der Waals surface area contributed by atoms with Gasteiger partial charge in [-0.25, -0.2) is 0 Å². The average Bonchev–Trinajstić information content (AvgIpc) is 2.91. The molecule has 0 bridgehead atoms. The minimum atomic E-state index is -0.175. The first-order valence-corrected chi connectivity index (χ1v) is 6.56. The molecule has 0 aliphatic carbocycles. The number of carbonyl (C=O) groups excluding carboxylic acids is 1. The van der Waals surface area contributed by atoms with Crippen LogP contribution in [0.4, 0.5) is 0 Å². The van der Waals surface area contributed by atoms with Crippen LogP contribution < -0.4 is 0 Å². The van der Waals surface area contributed by atoms with E-state index in [1.54, 1.807) is 0 Å². The second-order valence-corrected chi connectivity index (χ2v) is 4.83. The van der Waals surface area contributed by atoms with Crippen molar-refractivity contribution in [1.29, 1.82) is 0 Å². The maximum atomic E-state index is 11.8. The molecule has 3 nitrogen and oxygen atoms in total. The van der Waals surface area contributed by atoms with Gasteiger partial charge in [0.05, 0.1) is 19.6 Å². The molecule has 3 heteroatoms. The van der Waals surface area contributed by atoms with Crippen LogP contribution >= 0.6 is 0 Å². The lowest BCUT2D eigenvalue weighted by molar-refractivity contribution is -0.148. The first-order valence-electron chi connectivity index (χ1n) is 6.56. The summed E-state index contributed by atoms with van der Waals surface area (Å²) in [4.78, 5) is 11.8. The molecule has 1 fully saturated rings. The summed E-state index contributed by atoms with van der Waals surface area (Å²) < 4.78 is 10.6. The molecule has 19 heavy (non-hydrogen) atoms. The molecule has 0 saturated carbocycles. The van der Waals surface area contributed by atoms with Crippen molar-refractivity contribution >= 4 is 16.7 Å². The molecule has 0 amide bonds. The van der Waals surface area contributed by atoms with Crippen LogP contribution in [-0.4, -0.2) is 25.3 Å². The Balaban J connectivity index is 1.68. The summed E-state index contributed by atoms with van der Waals surface area (Å²) >= 11 is 0. The highest BCUT2D eigenvalue weighted by Gasteiger charge is 2.19. The molecular weight excluding hydrogens is 240 g/mol. The monoisotopic (exact) mass is 256 g/mol. The van der Waals surface area contributed by atoms with Gasteiger partial charge in [-0.1, -0.05) is 42.5 Å². The fourth-order valence-corrected chi connectivity index (χ4v) is 2.35. The zero-order valence-electron chi connectivity index (χ0n) is 10.7. The Labute approximate surface area is 112 Å². The van der Waals surface area contributed by atoms with Gasteiger partial charge in [0.1, 0.15) is 6.10 Å². The zero-order valence-corrected chi connectivity index (χ0v) is 10.7. The molecular formula is C16H16O3. The zero-order chi connectivity index (χ0) is 13.1. The molecule has 0 radical (unpaired) electrons. The van der Waals surface area contributed by atoms with Gasteiger partial charge < -0.3 is 9.47 Å². The van der Waals surface area contributed by atoms with Crippen molar-refractivity contribution in [3.63, 3.8) is 0 Å². The third-order valence-corrected chi connectivity index (χ3v) is 3.35. The van der Waals surface area contributed by atoms with Crippen molar-refractivity contribution < 1.29 is 14.3 Å². The largest absolute Gasteiger partial charge is 0.460 e. The lowest BCUT2D eigenvalue weighted by Crippen LogP contribution is -2.19. The first kappa shape index (κ1) is 12.2. The molecule has 2 aromatic rings. The van der Waals surface area contributed by atoms with Gasteiger partial charge >= 0.3 is 5.97 Å². The molecule has 1 atom stereocenters. The van der Waals surface area contributed by atoms with E-state index in [9.17, 15) is 4.79 Å². The maximum absolute atomic E-state index is 11.8. The Hall–Kier alpha value is -1.87. The first-order chi connectivity index (χ1) is 9.31. The number of ether oxygens (including phenoxy) is 2. The molecule has 0 spiro atoms. The predicted octanol–water partition coefficient (Wildman–Crippen LogP) is 2.71. The van der Waals surface area contributed by atoms with Crippen molar-refractivity contribution in [3.8, 4) is 0 Å². The van der Waals surface area contributed by atoms with Crippen LogP contribution in [-0.2, 0) is 20.7 Å². The normalized spacial score (nSPS) is 18.6. The van der Waals surface area contributed by atoms with Crippen molar-refractivity contribution in [1.82, 2.24) is 0 Å². The average molecular weight is 256 g/mol. The van der Waals surface area contributed by atoms with Gasteiger partial charge in [0.15, 0.2) is 0 Å². The van der Waals surface area contributed by atoms with Gasteiger partial charge in [-0.05, 0) is 16.3 Å². The van der Waals surface area contributed by atoms with Crippen LogP contribution in [0.25, 0.3) is 10.8 Å². The Morgan fingerprint density at radius 1 is 1.21 bits per heavy atom. The van der Waals surface area contributed by atoms with E-state index in [1.807, 2.05) is 30.3 Å². The SMILES string of the molecule is O=C(Cc1ccc2ccccc2c1)O[C@H]1CCOC1. The van der Waals surface area contributed by atoms with Gasteiger partial charge in [0, 0.05) is 6.42 Å². The van der Waals surface area contributed by atoms with E-state index in [-0.39, 0.29) is 12.1 Å². The number of benzene rings is 2. The van der Waals surface area contributed by atoms with Gasteiger partial charge in [0.25, 0.3) is 0 Å². The number of hydrogen-bond acceptors (Lipinski definition) is 3. The smallest absolute Gasteiger partial charge is 0.310 e. The summed E-state index contributed by atoms with van der Waals surface area (Å²) in [5.41, 5.74) is 0.989. The molecule has 3 rings (SSSR count). The van der Waals surface area contributed by atoms with Crippen LogP contribution in [0, 0.1) is 0 Å². The van der Waals surface area contributed by atoms with E-state index in [4.69, 9.17) is 9.47 Å². The number of fused-ring (bicyclic) bond motifs is 1. The maximum Gasteiger partial charge on any atom is 0.310 e. The topological polar surface area (TPSA) is 35.5 Å². The van der Waals surface area contributed by atoms with Crippen molar-refractivity contribution in [3.05, 3.63) is 48.0 Å². The van der Waals surface area contributed by atoms with E-state index < -0.39 is 0 Å². The molecule has 1 aliphatic rings. The summed E-state index contributed by atoms with van der Waals surface area (Å²) in [5.74, 6) is -0.175. The predicted molar refractivity (Wildman–Crippen MR) is 73.0 cm³/mol. The minimum absolute atomic E-state index is 0.0621. The Morgan fingerprint density at radius 3 is 2.84 bits per heavy atom. The van der Waals surface area contributed by atoms with Crippen molar-refractivity contribution in [2.45, 2.75) is 18.9 Å². The van der Waals surface area contributed by atoms with Crippen LogP contribution in [0.5, 0.6) is 0 Å². The summed E-state index contributed by atoms with van der Waals surface area (Å²) in [6.45, 7) is 1.22. The fourth-order valence-electron chi connectivity index (χ4n) is 2.35. The molecule has 0 aromatic heterocycles. The van der Waals surface area contributed by atoms with Crippen LogP contribution in [0.1, 0.15) is 12.0 Å². The van der Waals surface area contributed by atoms with Crippen LogP contribution in [0.2, 0.25) is 0 Å². The second kappa shape index (κ2) is 5.41. The summed E-state index contributed by atoms with van der Waals surface area (Å²) in [7, 11) is 0. The van der Waals surface area contributed by atoms with Crippen molar-refractivity contribution in [2.24, 2.45) is 0 Å². The highest BCUT2D eigenvalue weighted by molar-refractivity contribution is 5.84. The Kier molecular flexibility index (Phi) is 3.47. The highest BCUT2D eigenvalue weighted by Crippen LogP contribution is 2.17. The molecule has 98 valence electrons. The highest BCUT2D eigenvalue weighted by atomic mass is 16.6. The quantitative estimate of drug-likeness (QED) is 0.792. The molecule has 1 heterocycles. The lowest BCUT2D eigenvalue weighted by atomic mass is 10.1. The third kappa shape index (κ3) is 2.93. The van der Waals surface area contributed by atoms with Gasteiger partial charge in [-0.2, -0.15) is 0 Å². The third-order valence-electron chi connectivity index (χ3n) is 3.35. The summed E-state index contributed by atoms with van der Waals surface area (Å²) in [6, 6.07) is 14.2.